The predicted molar refractivity (Wildman–Crippen MR) is 138 cm³/mol. The molecule has 0 radical (unpaired) electrons. The van der Waals surface area contributed by atoms with E-state index in [1.165, 1.54) is 31.3 Å². The van der Waals surface area contributed by atoms with Crippen molar-refractivity contribution >= 4 is 17.4 Å². The number of morpholine rings is 1. The van der Waals surface area contributed by atoms with E-state index in [4.69, 9.17) is 14.2 Å². The molecule has 0 bridgehead atoms. The molecule has 3 aliphatic heterocycles. The van der Waals surface area contributed by atoms with E-state index in [0.29, 0.717) is 24.3 Å². The standard InChI is InChI=1S/C27H37N5O4/c1-21-5-3-12-30(21)13-4-16-35-23-8-6-22(7-9-23)31-14-10-27(11-15-31)20-32(26(33)19-36-27)24-17-29-25(34-2)18-28-24/h6-9,17-18,21H,3-5,10-16,19-20H2,1-2H3/t21-/m0/s1. The lowest BCUT2D eigenvalue weighted by Gasteiger charge is -2.47. The molecule has 0 unspecified atom stereocenters. The SMILES string of the molecule is COc1cnc(N2CC3(CCN(c4ccc(OCCCN5CCC[C@@H]5C)cc4)CC3)OCC2=O)cn1. The lowest BCUT2D eigenvalue weighted by atomic mass is 9.89. The van der Waals surface area contributed by atoms with Gasteiger partial charge < -0.3 is 24.0 Å². The number of hydrogen-bond acceptors (Lipinski definition) is 8. The Morgan fingerprint density at radius 2 is 1.92 bits per heavy atom. The predicted octanol–water partition coefficient (Wildman–Crippen LogP) is 3.14. The summed E-state index contributed by atoms with van der Waals surface area (Å²) in [6, 6.07) is 9.13. The molecule has 3 aliphatic rings. The van der Waals surface area contributed by atoms with Crippen LogP contribution in [0.5, 0.6) is 11.6 Å². The molecule has 36 heavy (non-hydrogen) atoms. The Labute approximate surface area is 213 Å². The van der Waals surface area contributed by atoms with E-state index in [2.05, 4.69) is 51.0 Å². The van der Waals surface area contributed by atoms with Crippen LogP contribution in [0, 0.1) is 0 Å². The Morgan fingerprint density at radius 3 is 2.58 bits per heavy atom. The van der Waals surface area contributed by atoms with Gasteiger partial charge in [0.1, 0.15) is 12.4 Å². The largest absolute Gasteiger partial charge is 0.494 e. The minimum atomic E-state index is -0.359. The van der Waals surface area contributed by atoms with Crippen molar-refractivity contribution in [1.29, 1.82) is 0 Å². The van der Waals surface area contributed by atoms with E-state index in [0.717, 1.165) is 51.3 Å². The molecule has 1 aromatic carbocycles. The second-order valence-corrected chi connectivity index (χ2v) is 10.1. The first kappa shape index (κ1) is 24.8. The highest BCUT2D eigenvalue weighted by molar-refractivity contribution is 5.94. The van der Waals surface area contributed by atoms with Gasteiger partial charge in [-0.15, -0.1) is 0 Å². The lowest BCUT2D eigenvalue weighted by Crippen LogP contribution is -2.59. The van der Waals surface area contributed by atoms with Gasteiger partial charge in [0, 0.05) is 31.4 Å². The highest BCUT2D eigenvalue weighted by Gasteiger charge is 2.43. The fourth-order valence-electron chi connectivity index (χ4n) is 5.49. The van der Waals surface area contributed by atoms with Crippen molar-refractivity contribution < 1.29 is 19.0 Å². The first-order valence-electron chi connectivity index (χ1n) is 13.1. The quantitative estimate of drug-likeness (QED) is 0.517. The number of amides is 1. The molecule has 9 nitrogen and oxygen atoms in total. The van der Waals surface area contributed by atoms with Crippen LogP contribution in [0.1, 0.15) is 39.0 Å². The smallest absolute Gasteiger partial charge is 0.254 e. The monoisotopic (exact) mass is 495 g/mol. The van der Waals surface area contributed by atoms with Crippen molar-refractivity contribution in [3.8, 4) is 11.6 Å². The third-order valence-corrected chi connectivity index (χ3v) is 7.77. The number of anilines is 2. The number of piperidine rings is 1. The third-order valence-electron chi connectivity index (χ3n) is 7.77. The summed E-state index contributed by atoms with van der Waals surface area (Å²) in [5.74, 6) is 1.80. The summed E-state index contributed by atoms with van der Waals surface area (Å²) in [4.78, 5) is 27.7. The van der Waals surface area contributed by atoms with Crippen LogP contribution >= 0.6 is 0 Å². The zero-order chi connectivity index (χ0) is 25.0. The van der Waals surface area contributed by atoms with Gasteiger partial charge in [-0.05, 0) is 69.8 Å². The van der Waals surface area contributed by atoms with Gasteiger partial charge in [-0.3, -0.25) is 9.69 Å². The van der Waals surface area contributed by atoms with Gasteiger partial charge in [0.15, 0.2) is 5.82 Å². The van der Waals surface area contributed by atoms with Crippen molar-refractivity contribution in [3.63, 3.8) is 0 Å². The Morgan fingerprint density at radius 1 is 1.11 bits per heavy atom. The fraction of sp³-hybridized carbons (Fsp3) is 0.593. The molecule has 9 heteroatoms. The maximum atomic E-state index is 12.5. The molecular formula is C27H37N5O4. The molecule has 1 atom stereocenters. The number of methoxy groups -OCH3 is 1. The van der Waals surface area contributed by atoms with Crippen LogP contribution in [0.2, 0.25) is 0 Å². The molecule has 1 amide bonds. The summed E-state index contributed by atoms with van der Waals surface area (Å²) in [7, 11) is 1.55. The maximum absolute atomic E-state index is 12.5. The number of aromatic nitrogens is 2. The van der Waals surface area contributed by atoms with Gasteiger partial charge in [0.25, 0.3) is 5.91 Å². The van der Waals surface area contributed by atoms with Gasteiger partial charge >= 0.3 is 0 Å². The maximum Gasteiger partial charge on any atom is 0.254 e. The zero-order valence-corrected chi connectivity index (χ0v) is 21.4. The first-order valence-corrected chi connectivity index (χ1v) is 13.1. The Balaban J connectivity index is 1.11. The molecule has 0 N–H and O–H groups in total. The average Bonchev–Trinajstić information content (AvgIpc) is 3.33. The van der Waals surface area contributed by atoms with Crippen LogP contribution < -0.4 is 19.3 Å². The summed E-state index contributed by atoms with van der Waals surface area (Å²) >= 11 is 0. The number of nitrogens with zero attached hydrogens (tertiary/aromatic N) is 5. The number of rotatable bonds is 8. The van der Waals surface area contributed by atoms with E-state index < -0.39 is 0 Å². The van der Waals surface area contributed by atoms with E-state index in [-0.39, 0.29) is 18.1 Å². The van der Waals surface area contributed by atoms with Gasteiger partial charge in [0.05, 0.1) is 38.3 Å². The molecule has 4 heterocycles. The Hall–Kier alpha value is -2.91. The molecule has 0 aliphatic carbocycles. The zero-order valence-electron chi connectivity index (χ0n) is 21.4. The second-order valence-electron chi connectivity index (χ2n) is 10.1. The van der Waals surface area contributed by atoms with Gasteiger partial charge in [0.2, 0.25) is 5.88 Å². The second kappa shape index (κ2) is 11.0. The minimum absolute atomic E-state index is 0.0659. The van der Waals surface area contributed by atoms with Gasteiger partial charge in [-0.1, -0.05) is 0 Å². The highest BCUT2D eigenvalue weighted by atomic mass is 16.5. The number of hydrogen-bond donors (Lipinski definition) is 0. The lowest BCUT2D eigenvalue weighted by molar-refractivity contribution is -0.141. The summed E-state index contributed by atoms with van der Waals surface area (Å²) in [6.07, 6.45) is 8.50. The Kier molecular flexibility index (Phi) is 7.57. The summed E-state index contributed by atoms with van der Waals surface area (Å²) in [6.45, 7) is 7.70. The topological polar surface area (TPSA) is 80.3 Å². The van der Waals surface area contributed by atoms with Gasteiger partial charge in [-0.25, -0.2) is 9.97 Å². The molecule has 0 saturated carbocycles. The van der Waals surface area contributed by atoms with Crippen LogP contribution in [-0.2, 0) is 9.53 Å². The van der Waals surface area contributed by atoms with Gasteiger partial charge in [-0.2, -0.15) is 0 Å². The molecule has 2 aromatic rings. The van der Waals surface area contributed by atoms with E-state index in [9.17, 15) is 4.79 Å². The number of benzene rings is 1. The van der Waals surface area contributed by atoms with Crippen molar-refractivity contribution in [2.24, 2.45) is 0 Å². The van der Waals surface area contributed by atoms with E-state index in [1.54, 1.807) is 18.2 Å². The number of carbonyl (C=O) groups is 1. The van der Waals surface area contributed by atoms with Crippen LogP contribution in [0.15, 0.2) is 36.7 Å². The Bertz CT molecular complexity index is 1010. The average molecular weight is 496 g/mol. The van der Waals surface area contributed by atoms with Crippen molar-refractivity contribution in [3.05, 3.63) is 36.7 Å². The number of ether oxygens (including phenoxy) is 3. The molecule has 194 valence electrons. The molecule has 1 aromatic heterocycles. The van der Waals surface area contributed by atoms with Crippen LogP contribution in [0.25, 0.3) is 0 Å². The van der Waals surface area contributed by atoms with Crippen molar-refractivity contribution in [2.45, 2.75) is 50.7 Å². The van der Waals surface area contributed by atoms with Crippen LogP contribution in [0.3, 0.4) is 0 Å². The molecule has 5 rings (SSSR count). The number of carbonyl (C=O) groups excluding carboxylic acids is 1. The molecule has 1 spiro atoms. The third kappa shape index (κ3) is 5.57. The minimum Gasteiger partial charge on any atom is -0.494 e. The molecule has 3 saturated heterocycles. The first-order chi connectivity index (χ1) is 17.5. The van der Waals surface area contributed by atoms with Crippen molar-refractivity contribution in [1.82, 2.24) is 14.9 Å². The summed E-state index contributed by atoms with van der Waals surface area (Å²) in [5, 5.41) is 0. The molecule has 3 fully saturated rings. The fourth-order valence-corrected chi connectivity index (χ4v) is 5.49. The number of likely N-dealkylation sites (tertiary alicyclic amines) is 1. The van der Waals surface area contributed by atoms with E-state index in [1.807, 2.05) is 0 Å². The highest BCUT2D eigenvalue weighted by Crippen LogP contribution is 2.34. The normalized spacial score (nSPS) is 22.3. The van der Waals surface area contributed by atoms with Crippen molar-refractivity contribution in [2.75, 3.05) is 62.8 Å². The van der Waals surface area contributed by atoms with Crippen LogP contribution in [-0.4, -0.2) is 85.5 Å². The summed E-state index contributed by atoms with van der Waals surface area (Å²) < 4.78 is 17.2. The van der Waals surface area contributed by atoms with Crippen LogP contribution in [0.4, 0.5) is 11.5 Å². The van der Waals surface area contributed by atoms with E-state index >= 15 is 0 Å². The summed E-state index contributed by atoms with van der Waals surface area (Å²) in [5.41, 5.74) is 0.829. The molecular weight excluding hydrogens is 458 g/mol.